The first kappa shape index (κ1) is 16.6. The third-order valence-electron chi connectivity index (χ3n) is 3.60. The summed E-state index contributed by atoms with van der Waals surface area (Å²) < 4.78 is 5.84. The summed E-state index contributed by atoms with van der Waals surface area (Å²) in [5.74, 6) is 1.71. The predicted octanol–water partition coefficient (Wildman–Crippen LogP) is 4.15. The molecule has 0 amide bonds. The van der Waals surface area contributed by atoms with Gasteiger partial charge in [0.05, 0.1) is 6.61 Å². The van der Waals surface area contributed by atoms with Crippen LogP contribution in [0.2, 0.25) is 5.02 Å². The third kappa shape index (κ3) is 4.87. The average Bonchev–Trinajstić information content (AvgIpc) is 2.37. The number of hydrogen-bond acceptors (Lipinski definition) is 2. The highest BCUT2D eigenvalue weighted by Gasteiger charge is 2.12. The molecular weight excluding hydrogens is 281 g/mol. The normalized spacial score (nSPS) is 18.8. The Morgan fingerprint density at radius 1 is 1.32 bits per heavy atom. The Balaban J connectivity index is 0.00000180. The fourth-order valence-corrected chi connectivity index (χ4v) is 2.61. The Morgan fingerprint density at radius 2 is 2.00 bits per heavy atom. The van der Waals surface area contributed by atoms with Crippen LogP contribution >= 0.6 is 24.0 Å². The zero-order valence-electron chi connectivity index (χ0n) is 11.7. The van der Waals surface area contributed by atoms with Crippen LogP contribution in [0.5, 0.6) is 5.75 Å². The summed E-state index contributed by atoms with van der Waals surface area (Å²) in [6.45, 7) is 7.16. The largest absolute Gasteiger partial charge is 0.494 e. The SMILES string of the molecule is Cc1cc(OCCC2CCCNC2)cc(C)c1Cl.Cl. The summed E-state index contributed by atoms with van der Waals surface area (Å²) in [5.41, 5.74) is 2.18. The molecule has 1 unspecified atom stereocenters. The van der Waals surface area contributed by atoms with Crippen molar-refractivity contribution in [1.29, 1.82) is 0 Å². The van der Waals surface area contributed by atoms with E-state index >= 15 is 0 Å². The third-order valence-corrected chi connectivity index (χ3v) is 4.20. The number of rotatable bonds is 4. The van der Waals surface area contributed by atoms with Crippen LogP contribution in [0.4, 0.5) is 0 Å². The second-order valence-electron chi connectivity index (χ2n) is 5.22. The molecule has 1 aromatic carbocycles. The highest BCUT2D eigenvalue weighted by atomic mass is 35.5. The van der Waals surface area contributed by atoms with Gasteiger partial charge < -0.3 is 10.1 Å². The molecule has 2 nitrogen and oxygen atoms in total. The van der Waals surface area contributed by atoms with E-state index in [0.717, 1.165) is 47.4 Å². The molecule has 2 rings (SSSR count). The maximum absolute atomic E-state index is 6.14. The van der Waals surface area contributed by atoms with Gasteiger partial charge in [-0.25, -0.2) is 0 Å². The van der Waals surface area contributed by atoms with Gasteiger partial charge >= 0.3 is 0 Å². The van der Waals surface area contributed by atoms with E-state index in [-0.39, 0.29) is 12.4 Å². The molecular formula is C15H23Cl2NO. The first-order valence-corrected chi connectivity index (χ1v) is 7.15. The highest BCUT2D eigenvalue weighted by Crippen LogP contribution is 2.26. The van der Waals surface area contributed by atoms with Gasteiger partial charge in [0, 0.05) is 5.02 Å². The summed E-state index contributed by atoms with van der Waals surface area (Å²) in [6, 6.07) is 4.04. The zero-order valence-corrected chi connectivity index (χ0v) is 13.2. The van der Waals surface area contributed by atoms with Gasteiger partial charge in [-0.15, -0.1) is 12.4 Å². The van der Waals surface area contributed by atoms with Crippen molar-refractivity contribution < 1.29 is 4.74 Å². The van der Waals surface area contributed by atoms with Crippen LogP contribution in [-0.4, -0.2) is 19.7 Å². The molecule has 19 heavy (non-hydrogen) atoms. The van der Waals surface area contributed by atoms with Gasteiger partial charge in [-0.05, 0) is 75.4 Å². The minimum Gasteiger partial charge on any atom is -0.494 e. The highest BCUT2D eigenvalue weighted by molar-refractivity contribution is 6.32. The first-order chi connectivity index (χ1) is 8.66. The van der Waals surface area contributed by atoms with E-state index in [2.05, 4.69) is 5.32 Å². The van der Waals surface area contributed by atoms with E-state index in [4.69, 9.17) is 16.3 Å². The van der Waals surface area contributed by atoms with E-state index < -0.39 is 0 Å². The minimum absolute atomic E-state index is 0. The van der Waals surface area contributed by atoms with E-state index in [1.165, 1.54) is 19.4 Å². The van der Waals surface area contributed by atoms with Gasteiger partial charge in [0.15, 0.2) is 0 Å². The van der Waals surface area contributed by atoms with Crippen molar-refractivity contribution in [2.24, 2.45) is 5.92 Å². The molecule has 1 heterocycles. The molecule has 4 heteroatoms. The van der Waals surface area contributed by atoms with Gasteiger partial charge in [0.1, 0.15) is 5.75 Å². The molecule has 1 aliphatic rings. The molecule has 0 bridgehead atoms. The number of halogens is 2. The van der Waals surface area contributed by atoms with Crippen molar-refractivity contribution in [1.82, 2.24) is 5.32 Å². The van der Waals surface area contributed by atoms with Crippen LogP contribution < -0.4 is 10.1 Å². The van der Waals surface area contributed by atoms with Gasteiger partial charge in [0.2, 0.25) is 0 Å². The number of aryl methyl sites for hydroxylation is 2. The van der Waals surface area contributed by atoms with Crippen molar-refractivity contribution in [2.75, 3.05) is 19.7 Å². The molecule has 0 radical (unpaired) electrons. The van der Waals surface area contributed by atoms with Crippen LogP contribution in [0.1, 0.15) is 30.4 Å². The standard InChI is InChI=1S/C15H22ClNO.ClH/c1-11-8-14(9-12(2)15(11)16)18-7-5-13-4-3-6-17-10-13;/h8-9,13,17H,3-7,10H2,1-2H3;1H. The van der Waals surface area contributed by atoms with Crippen LogP contribution in [0.15, 0.2) is 12.1 Å². The van der Waals surface area contributed by atoms with Gasteiger partial charge in [-0.1, -0.05) is 11.6 Å². The smallest absolute Gasteiger partial charge is 0.119 e. The van der Waals surface area contributed by atoms with Crippen molar-refractivity contribution in [2.45, 2.75) is 33.1 Å². The predicted molar refractivity (Wildman–Crippen MR) is 83.9 cm³/mol. The van der Waals surface area contributed by atoms with E-state index in [1.807, 2.05) is 26.0 Å². The molecule has 0 aromatic heterocycles. The molecule has 1 aliphatic heterocycles. The Labute approximate surface area is 127 Å². The number of nitrogens with one attached hydrogen (secondary N) is 1. The van der Waals surface area contributed by atoms with Crippen molar-refractivity contribution in [3.63, 3.8) is 0 Å². The Morgan fingerprint density at radius 3 is 2.58 bits per heavy atom. The maximum Gasteiger partial charge on any atom is 0.119 e. The summed E-state index contributed by atoms with van der Waals surface area (Å²) in [5, 5.41) is 4.28. The zero-order chi connectivity index (χ0) is 13.0. The maximum atomic E-state index is 6.14. The van der Waals surface area contributed by atoms with Gasteiger partial charge in [0.25, 0.3) is 0 Å². The molecule has 1 saturated heterocycles. The fourth-order valence-electron chi connectivity index (χ4n) is 2.50. The molecule has 0 aliphatic carbocycles. The molecule has 1 atom stereocenters. The number of hydrogen-bond donors (Lipinski definition) is 1. The lowest BCUT2D eigenvalue weighted by Gasteiger charge is -2.22. The number of benzene rings is 1. The van der Waals surface area contributed by atoms with E-state index in [9.17, 15) is 0 Å². The Hall–Kier alpha value is -0.440. The first-order valence-electron chi connectivity index (χ1n) is 6.77. The molecule has 0 saturated carbocycles. The monoisotopic (exact) mass is 303 g/mol. The Kier molecular flexibility index (Phi) is 6.98. The lowest BCUT2D eigenvalue weighted by atomic mass is 9.97. The lowest BCUT2D eigenvalue weighted by molar-refractivity contribution is 0.254. The molecule has 1 fully saturated rings. The average molecular weight is 304 g/mol. The molecule has 1 aromatic rings. The van der Waals surface area contributed by atoms with Crippen molar-refractivity contribution >= 4 is 24.0 Å². The molecule has 1 N–H and O–H groups in total. The second kappa shape index (κ2) is 7.98. The van der Waals surface area contributed by atoms with Gasteiger partial charge in [-0.2, -0.15) is 0 Å². The van der Waals surface area contributed by atoms with Gasteiger partial charge in [-0.3, -0.25) is 0 Å². The minimum atomic E-state index is 0. The van der Waals surface area contributed by atoms with E-state index in [0.29, 0.717) is 0 Å². The summed E-state index contributed by atoms with van der Waals surface area (Å²) in [4.78, 5) is 0. The van der Waals surface area contributed by atoms with Crippen LogP contribution in [0.25, 0.3) is 0 Å². The fraction of sp³-hybridized carbons (Fsp3) is 0.600. The Bertz CT molecular complexity index is 380. The van der Waals surface area contributed by atoms with E-state index in [1.54, 1.807) is 0 Å². The summed E-state index contributed by atoms with van der Waals surface area (Å²) >= 11 is 6.14. The topological polar surface area (TPSA) is 21.3 Å². The summed E-state index contributed by atoms with van der Waals surface area (Å²) in [7, 11) is 0. The quantitative estimate of drug-likeness (QED) is 0.902. The second-order valence-corrected chi connectivity index (χ2v) is 5.60. The van der Waals surface area contributed by atoms with Crippen LogP contribution in [-0.2, 0) is 0 Å². The molecule has 108 valence electrons. The van der Waals surface area contributed by atoms with Crippen molar-refractivity contribution in [3.05, 3.63) is 28.3 Å². The summed E-state index contributed by atoms with van der Waals surface area (Å²) in [6.07, 6.45) is 3.76. The van der Waals surface area contributed by atoms with Crippen LogP contribution in [0, 0.1) is 19.8 Å². The van der Waals surface area contributed by atoms with Crippen LogP contribution in [0.3, 0.4) is 0 Å². The number of ether oxygens (including phenoxy) is 1. The molecule has 0 spiro atoms. The number of piperidine rings is 1. The van der Waals surface area contributed by atoms with Crippen molar-refractivity contribution in [3.8, 4) is 5.75 Å². The lowest BCUT2D eigenvalue weighted by Crippen LogP contribution is -2.30.